The molecule has 0 aromatic heterocycles. The highest BCUT2D eigenvalue weighted by atomic mass is 16.4. The molecule has 4 heteroatoms. The lowest BCUT2D eigenvalue weighted by Crippen LogP contribution is -2.53. The van der Waals surface area contributed by atoms with E-state index >= 15 is 0 Å². The zero-order chi connectivity index (χ0) is 13.0. The number of rotatable bonds is 4. The number of benzene rings is 1. The van der Waals surface area contributed by atoms with Gasteiger partial charge in [0.2, 0.25) is 0 Å². The van der Waals surface area contributed by atoms with E-state index in [1.807, 2.05) is 30.3 Å². The molecule has 1 aromatic carbocycles. The summed E-state index contributed by atoms with van der Waals surface area (Å²) in [7, 11) is 0. The molecule has 1 heterocycles. The van der Waals surface area contributed by atoms with Crippen LogP contribution in [0.25, 0.3) is 0 Å². The Labute approximate surface area is 107 Å². The van der Waals surface area contributed by atoms with E-state index in [0.717, 1.165) is 31.5 Å². The summed E-state index contributed by atoms with van der Waals surface area (Å²) >= 11 is 0. The maximum atomic E-state index is 11.6. The first kappa shape index (κ1) is 13.1. The van der Waals surface area contributed by atoms with Crippen molar-refractivity contribution in [2.75, 3.05) is 13.1 Å². The number of hydrogen-bond acceptors (Lipinski definition) is 3. The van der Waals surface area contributed by atoms with E-state index in [4.69, 9.17) is 0 Å². The highest BCUT2D eigenvalue weighted by Gasteiger charge is 2.37. The second-order valence-electron chi connectivity index (χ2n) is 4.96. The van der Waals surface area contributed by atoms with Crippen LogP contribution in [0.2, 0.25) is 0 Å². The third kappa shape index (κ3) is 2.71. The summed E-state index contributed by atoms with van der Waals surface area (Å²) in [6.45, 7) is 3.64. The van der Waals surface area contributed by atoms with Crippen LogP contribution < -0.4 is 10.6 Å². The van der Waals surface area contributed by atoms with Gasteiger partial charge in [0.1, 0.15) is 5.54 Å². The van der Waals surface area contributed by atoms with Crippen molar-refractivity contribution in [3.8, 4) is 0 Å². The molecule has 1 atom stereocenters. The fourth-order valence-electron chi connectivity index (χ4n) is 2.41. The van der Waals surface area contributed by atoms with Crippen LogP contribution in [0.15, 0.2) is 30.3 Å². The molecule has 2 rings (SSSR count). The van der Waals surface area contributed by atoms with E-state index in [-0.39, 0.29) is 6.04 Å². The molecule has 18 heavy (non-hydrogen) atoms. The highest BCUT2D eigenvalue weighted by molar-refractivity contribution is 5.80. The topological polar surface area (TPSA) is 61.4 Å². The fourth-order valence-corrected chi connectivity index (χ4v) is 2.41. The molecule has 1 aliphatic rings. The molecule has 1 aromatic rings. The van der Waals surface area contributed by atoms with Crippen molar-refractivity contribution in [3.63, 3.8) is 0 Å². The molecule has 0 saturated carbocycles. The molecule has 0 spiro atoms. The van der Waals surface area contributed by atoms with Gasteiger partial charge in [0.15, 0.2) is 0 Å². The van der Waals surface area contributed by atoms with Gasteiger partial charge in [-0.1, -0.05) is 30.3 Å². The van der Waals surface area contributed by atoms with Crippen LogP contribution >= 0.6 is 0 Å². The summed E-state index contributed by atoms with van der Waals surface area (Å²) in [6, 6.07) is 9.63. The van der Waals surface area contributed by atoms with Crippen LogP contribution in [0.3, 0.4) is 0 Å². The zero-order valence-corrected chi connectivity index (χ0v) is 10.6. The van der Waals surface area contributed by atoms with Gasteiger partial charge < -0.3 is 10.4 Å². The minimum atomic E-state index is -1.01. The Hall–Kier alpha value is -1.39. The Balaban J connectivity index is 2.19. The fraction of sp³-hybridized carbons (Fsp3) is 0.500. The molecule has 0 radical (unpaired) electrons. The maximum absolute atomic E-state index is 11.6. The number of nitrogens with one attached hydrogen (secondary N) is 2. The molecular formula is C14H20N2O2. The Morgan fingerprint density at radius 2 is 1.94 bits per heavy atom. The lowest BCUT2D eigenvalue weighted by molar-refractivity contribution is -0.145. The van der Waals surface area contributed by atoms with Crippen LogP contribution in [-0.4, -0.2) is 30.2 Å². The second kappa shape index (κ2) is 5.50. The minimum Gasteiger partial charge on any atom is -0.480 e. The van der Waals surface area contributed by atoms with Crippen molar-refractivity contribution in [2.24, 2.45) is 0 Å². The Morgan fingerprint density at radius 1 is 1.33 bits per heavy atom. The van der Waals surface area contributed by atoms with Crippen LogP contribution in [0.4, 0.5) is 0 Å². The first-order valence-electron chi connectivity index (χ1n) is 6.40. The van der Waals surface area contributed by atoms with Crippen molar-refractivity contribution in [1.82, 2.24) is 10.6 Å². The predicted molar refractivity (Wildman–Crippen MR) is 70.5 cm³/mol. The van der Waals surface area contributed by atoms with Gasteiger partial charge in [-0.25, -0.2) is 4.79 Å². The van der Waals surface area contributed by atoms with Gasteiger partial charge in [-0.05, 0) is 38.4 Å². The van der Waals surface area contributed by atoms with Crippen molar-refractivity contribution in [1.29, 1.82) is 0 Å². The van der Waals surface area contributed by atoms with Crippen molar-refractivity contribution in [2.45, 2.75) is 31.3 Å². The number of carboxylic acids is 1. The normalized spacial score (nSPS) is 20.3. The largest absolute Gasteiger partial charge is 0.480 e. The van der Waals surface area contributed by atoms with Gasteiger partial charge in [0, 0.05) is 6.04 Å². The average Bonchev–Trinajstić information content (AvgIpc) is 2.40. The lowest BCUT2D eigenvalue weighted by atomic mass is 9.90. The van der Waals surface area contributed by atoms with Crippen LogP contribution in [0.5, 0.6) is 0 Å². The van der Waals surface area contributed by atoms with E-state index in [1.165, 1.54) is 0 Å². The first-order valence-corrected chi connectivity index (χ1v) is 6.40. The highest BCUT2D eigenvalue weighted by Crippen LogP contribution is 2.23. The zero-order valence-electron chi connectivity index (χ0n) is 10.6. The van der Waals surface area contributed by atoms with Gasteiger partial charge in [-0.15, -0.1) is 0 Å². The van der Waals surface area contributed by atoms with E-state index in [0.29, 0.717) is 0 Å². The number of carboxylic acid groups (broad SMARTS) is 1. The van der Waals surface area contributed by atoms with Gasteiger partial charge in [-0.2, -0.15) is 0 Å². The molecule has 0 aliphatic carbocycles. The Kier molecular flexibility index (Phi) is 3.99. The quantitative estimate of drug-likeness (QED) is 0.752. The van der Waals surface area contributed by atoms with Gasteiger partial charge in [0.25, 0.3) is 0 Å². The van der Waals surface area contributed by atoms with Crippen LogP contribution in [0.1, 0.15) is 25.3 Å². The lowest BCUT2D eigenvalue weighted by Gasteiger charge is -2.34. The number of hydrogen-bond donors (Lipinski definition) is 3. The second-order valence-corrected chi connectivity index (χ2v) is 4.96. The summed E-state index contributed by atoms with van der Waals surface area (Å²) in [5.74, 6) is -0.827. The van der Waals surface area contributed by atoms with Crippen LogP contribution in [-0.2, 0) is 10.3 Å². The standard InChI is InChI=1S/C14H20N2O2/c1-14(13(17)18,11-5-3-2-4-6-11)16-12-7-9-15-10-8-12/h2-6,12,15-16H,7-10H2,1H3,(H,17,18). The molecule has 4 nitrogen and oxygen atoms in total. The smallest absolute Gasteiger partial charge is 0.328 e. The third-order valence-corrected chi connectivity index (χ3v) is 3.61. The average molecular weight is 248 g/mol. The molecule has 1 fully saturated rings. The molecule has 0 bridgehead atoms. The summed E-state index contributed by atoms with van der Waals surface area (Å²) in [5.41, 5.74) is -0.209. The van der Waals surface area contributed by atoms with E-state index in [9.17, 15) is 9.90 Å². The van der Waals surface area contributed by atoms with E-state index < -0.39 is 11.5 Å². The molecule has 1 unspecified atom stereocenters. The maximum Gasteiger partial charge on any atom is 0.328 e. The molecule has 0 amide bonds. The molecular weight excluding hydrogens is 228 g/mol. The predicted octanol–water partition coefficient (Wildman–Crippen LogP) is 1.33. The molecule has 98 valence electrons. The summed E-state index contributed by atoms with van der Waals surface area (Å²) in [5, 5.41) is 16.1. The van der Waals surface area contributed by atoms with E-state index in [2.05, 4.69) is 10.6 Å². The number of piperidine rings is 1. The molecule has 3 N–H and O–H groups in total. The number of carbonyl (C=O) groups is 1. The Bertz CT molecular complexity index is 402. The van der Waals surface area contributed by atoms with Crippen molar-refractivity contribution in [3.05, 3.63) is 35.9 Å². The summed E-state index contributed by atoms with van der Waals surface area (Å²) in [6.07, 6.45) is 1.94. The van der Waals surface area contributed by atoms with Crippen molar-refractivity contribution < 1.29 is 9.90 Å². The monoisotopic (exact) mass is 248 g/mol. The molecule has 1 aliphatic heterocycles. The minimum absolute atomic E-state index is 0.257. The van der Waals surface area contributed by atoms with Crippen molar-refractivity contribution >= 4 is 5.97 Å². The molecule has 1 saturated heterocycles. The van der Waals surface area contributed by atoms with Gasteiger partial charge in [-0.3, -0.25) is 5.32 Å². The first-order chi connectivity index (χ1) is 8.63. The Morgan fingerprint density at radius 3 is 2.50 bits per heavy atom. The van der Waals surface area contributed by atoms with Crippen LogP contribution in [0, 0.1) is 0 Å². The third-order valence-electron chi connectivity index (χ3n) is 3.61. The summed E-state index contributed by atoms with van der Waals surface area (Å²) in [4.78, 5) is 11.6. The van der Waals surface area contributed by atoms with E-state index in [1.54, 1.807) is 6.92 Å². The number of aliphatic carboxylic acids is 1. The van der Waals surface area contributed by atoms with Gasteiger partial charge >= 0.3 is 5.97 Å². The SMILES string of the molecule is CC(NC1CCNCC1)(C(=O)O)c1ccccc1. The van der Waals surface area contributed by atoms with Gasteiger partial charge in [0.05, 0.1) is 0 Å². The summed E-state index contributed by atoms with van der Waals surface area (Å²) < 4.78 is 0.